The van der Waals surface area contributed by atoms with E-state index in [0.29, 0.717) is 33.1 Å². The molecule has 0 aliphatic carbocycles. The van der Waals surface area contributed by atoms with E-state index in [2.05, 4.69) is 15.3 Å². The Bertz CT molecular complexity index is 1240. The van der Waals surface area contributed by atoms with Gasteiger partial charge >= 0.3 is 5.97 Å². The van der Waals surface area contributed by atoms with Gasteiger partial charge in [0.1, 0.15) is 11.6 Å². The standard InChI is InChI=1S/C26H26N4O4S.ClH/c1-17(29-23(31)15-21-16-28-18(2)30-24(21)27)22(35-26(33)20-11-7-4-8-12-20)13-14-34-25(32)19-9-5-3-6-10-19;/h3-12,16H,13-15H2,1-2H3,(H,29,31)(H2,27,28,30);1H/b22-17+;. The highest BCUT2D eigenvalue weighted by Gasteiger charge is 2.16. The second-order valence-electron chi connectivity index (χ2n) is 7.61. The van der Waals surface area contributed by atoms with Crippen molar-refractivity contribution < 1.29 is 19.1 Å². The molecule has 0 aliphatic rings. The summed E-state index contributed by atoms with van der Waals surface area (Å²) in [5, 5.41) is 2.63. The van der Waals surface area contributed by atoms with Gasteiger partial charge in [-0.25, -0.2) is 14.8 Å². The summed E-state index contributed by atoms with van der Waals surface area (Å²) in [7, 11) is 0. The third-order valence-electron chi connectivity index (χ3n) is 4.91. The van der Waals surface area contributed by atoms with Crippen molar-refractivity contribution in [1.82, 2.24) is 15.3 Å². The fourth-order valence-electron chi connectivity index (χ4n) is 3.10. The number of anilines is 1. The maximum atomic E-state index is 12.8. The van der Waals surface area contributed by atoms with Crippen molar-refractivity contribution in [3.8, 4) is 0 Å². The van der Waals surface area contributed by atoms with Gasteiger partial charge in [0.05, 0.1) is 18.6 Å². The molecule has 1 amide bonds. The van der Waals surface area contributed by atoms with Crippen molar-refractivity contribution in [3.05, 3.63) is 100.0 Å². The van der Waals surface area contributed by atoms with Gasteiger partial charge in [-0.2, -0.15) is 0 Å². The van der Waals surface area contributed by atoms with Gasteiger partial charge in [-0.3, -0.25) is 9.59 Å². The number of carbonyl (C=O) groups is 3. The number of nitrogens with two attached hydrogens (primary N) is 1. The van der Waals surface area contributed by atoms with Crippen molar-refractivity contribution in [2.45, 2.75) is 26.7 Å². The number of hydrogen-bond donors (Lipinski definition) is 2. The summed E-state index contributed by atoms with van der Waals surface area (Å²) in [4.78, 5) is 46.5. The van der Waals surface area contributed by atoms with Crippen LogP contribution >= 0.6 is 24.2 Å². The Balaban J connectivity index is 0.00000456. The number of thioether (sulfide) groups is 1. The number of nitrogens with zero attached hydrogens (tertiary/aromatic N) is 2. The van der Waals surface area contributed by atoms with Gasteiger partial charge in [0.15, 0.2) is 0 Å². The summed E-state index contributed by atoms with van der Waals surface area (Å²) in [5.74, 6) is -0.0177. The highest BCUT2D eigenvalue weighted by molar-refractivity contribution is 8.17. The maximum Gasteiger partial charge on any atom is 0.338 e. The fourth-order valence-corrected chi connectivity index (χ4v) is 3.97. The van der Waals surface area contributed by atoms with E-state index in [1.807, 2.05) is 12.1 Å². The molecule has 0 bridgehead atoms. The van der Waals surface area contributed by atoms with Crippen LogP contribution in [0.3, 0.4) is 0 Å². The molecular formula is C26H27ClN4O4S. The van der Waals surface area contributed by atoms with Crippen LogP contribution in [0.15, 0.2) is 77.5 Å². The lowest BCUT2D eigenvalue weighted by atomic mass is 10.2. The number of halogens is 1. The summed E-state index contributed by atoms with van der Waals surface area (Å²) >= 11 is 0.992. The van der Waals surface area contributed by atoms with Gasteiger partial charge in [-0.1, -0.05) is 48.5 Å². The summed E-state index contributed by atoms with van der Waals surface area (Å²) in [6.45, 7) is 3.46. The van der Waals surface area contributed by atoms with Gasteiger partial charge in [-0.05, 0) is 37.7 Å². The molecule has 0 saturated heterocycles. The molecule has 1 aromatic heterocycles. The molecule has 10 heteroatoms. The van der Waals surface area contributed by atoms with Crippen molar-refractivity contribution in [2.75, 3.05) is 12.3 Å². The van der Waals surface area contributed by atoms with Crippen molar-refractivity contribution in [1.29, 1.82) is 0 Å². The van der Waals surface area contributed by atoms with E-state index >= 15 is 0 Å². The van der Waals surface area contributed by atoms with Crippen LogP contribution in [0.4, 0.5) is 5.82 Å². The Morgan fingerprint density at radius 3 is 2.22 bits per heavy atom. The SMILES string of the molecule is C/C(NC(=O)Cc1cnc(C)nc1N)=C(/CCOC(=O)c1ccccc1)SC(=O)c1ccccc1.Cl. The van der Waals surface area contributed by atoms with Crippen LogP contribution in [0.1, 0.15) is 45.4 Å². The Morgan fingerprint density at radius 1 is 1.00 bits per heavy atom. The summed E-state index contributed by atoms with van der Waals surface area (Å²) in [5.41, 5.74) is 7.86. The quantitative estimate of drug-likeness (QED) is 0.390. The first kappa shape index (κ1) is 28.5. The van der Waals surface area contributed by atoms with E-state index < -0.39 is 5.97 Å². The molecule has 8 nitrogen and oxygen atoms in total. The average molecular weight is 527 g/mol. The first-order valence-electron chi connectivity index (χ1n) is 10.9. The van der Waals surface area contributed by atoms with Gasteiger partial charge in [0.2, 0.25) is 11.0 Å². The fraction of sp³-hybridized carbons (Fsp3) is 0.192. The van der Waals surface area contributed by atoms with E-state index in [-0.39, 0.29) is 48.7 Å². The molecule has 3 rings (SSSR count). The number of ether oxygens (including phenoxy) is 1. The van der Waals surface area contributed by atoms with Crippen LogP contribution in [-0.2, 0) is 16.0 Å². The molecule has 3 N–H and O–H groups in total. The lowest BCUT2D eigenvalue weighted by molar-refractivity contribution is -0.119. The minimum Gasteiger partial charge on any atom is -0.462 e. The van der Waals surface area contributed by atoms with E-state index in [1.165, 1.54) is 6.20 Å². The van der Waals surface area contributed by atoms with Crippen LogP contribution in [0.2, 0.25) is 0 Å². The van der Waals surface area contributed by atoms with Crippen molar-refractivity contribution in [2.24, 2.45) is 0 Å². The van der Waals surface area contributed by atoms with Crippen LogP contribution < -0.4 is 11.1 Å². The van der Waals surface area contributed by atoms with Crippen LogP contribution in [0, 0.1) is 6.92 Å². The third-order valence-corrected chi connectivity index (χ3v) is 6.09. The molecular weight excluding hydrogens is 500 g/mol. The number of rotatable bonds is 9. The van der Waals surface area contributed by atoms with Gasteiger partial charge in [0, 0.05) is 34.3 Å². The lowest BCUT2D eigenvalue weighted by Gasteiger charge is -2.14. The Kier molecular flexibility index (Phi) is 11.1. The normalized spacial score (nSPS) is 11.1. The highest BCUT2D eigenvalue weighted by atomic mass is 35.5. The van der Waals surface area contributed by atoms with Gasteiger partial charge in [0.25, 0.3) is 0 Å². The zero-order chi connectivity index (χ0) is 25.2. The number of carbonyl (C=O) groups excluding carboxylic acids is 3. The van der Waals surface area contributed by atoms with E-state index in [1.54, 1.807) is 62.4 Å². The Morgan fingerprint density at radius 2 is 1.61 bits per heavy atom. The van der Waals surface area contributed by atoms with E-state index in [4.69, 9.17) is 10.5 Å². The number of benzene rings is 2. The molecule has 0 unspecified atom stereocenters. The zero-order valence-corrected chi connectivity index (χ0v) is 21.5. The number of aromatic nitrogens is 2. The van der Waals surface area contributed by atoms with Crippen molar-refractivity contribution in [3.63, 3.8) is 0 Å². The minimum absolute atomic E-state index is 0. The number of aryl methyl sites for hydroxylation is 1. The predicted molar refractivity (Wildman–Crippen MR) is 143 cm³/mol. The molecule has 0 saturated carbocycles. The third kappa shape index (κ3) is 8.51. The molecule has 188 valence electrons. The molecule has 0 aliphatic heterocycles. The summed E-state index contributed by atoms with van der Waals surface area (Å²) < 4.78 is 5.38. The Hall–Kier alpha value is -3.69. The van der Waals surface area contributed by atoms with E-state index in [9.17, 15) is 14.4 Å². The van der Waals surface area contributed by atoms with Gasteiger partial charge in [-0.15, -0.1) is 12.4 Å². The first-order chi connectivity index (χ1) is 16.8. The second kappa shape index (κ2) is 14.0. The van der Waals surface area contributed by atoms with Crippen LogP contribution in [0.5, 0.6) is 0 Å². The van der Waals surface area contributed by atoms with E-state index in [0.717, 1.165) is 11.8 Å². The largest absolute Gasteiger partial charge is 0.462 e. The average Bonchev–Trinajstić information content (AvgIpc) is 2.86. The zero-order valence-electron chi connectivity index (χ0n) is 19.9. The monoisotopic (exact) mass is 526 g/mol. The smallest absolute Gasteiger partial charge is 0.338 e. The van der Waals surface area contributed by atoms with Crippen LogP contribution in [0.25, 0.3) is 0 Å². The molecule has 0 radical (unpaired) electrons. The van der Waals surface area contributed by atoms with Crippen molar-refractivity contribution >= 4 is 47.0 Å². The number of amides is 1. The number of allylic oxidation sites excluding steroid dienone is 1. The highest BCUT2D eigenvalue weighted by Crippen LogP contribution is 2.27. The number of nitrogens with one attached hydrogen (secondary N) is 1. The second-order valence-corrected chi connectivity index (χ2v) is 8.68. The summed E-state index contributed by atoms with van der Waals surface area (Å²) in [6.07, 6.45) is 1.76. The van der Waals surface area contributed by atoms with Crippen LogP contribution in [-0.4, -0.2) is 33.6 Å². The number of hydrogen-bond acceptors (Lipinski definition) is 8. The minimum atomic E-state index is -0.458. The summed E-state index contributed by atoms with van der Waals surface area (Å²) in [6, 6.07) is 17.5. The molecule has 0 fully saturated rings. The number of esters is 1. The molecule has 0 atom stereocenters. The predicted octanol–water partition coefficient (Wildman–Crippen LogP) is 4.50. The number of nitrogen functional groups attached to an aromatic ring is 1. The molecule has 36 heavy (non-hydrogen) atoms. The molecule has 2 aromatic carbocycles. The molecule has 0 spiro atoms. The first-order valence-corrected chi connectivity index (χ1v) is 11.7. The maximum absolute atomic E-state index is 12.8. The lowest BCUT2D eigenvalue weighted by Crippen LogP contribution is -2.25. The van der Waals surface area contributed by atoms with Gasteiger partial charge < -0.3 is 15.8 Å². The topological polar surface area (TPSA) is 124 Å². The molecule has 3 aromatic rings. The molecule has 1 heterocycles. The Labute approximate surface area is 220 Å².